The number of benzene rings is 2. The molecule has 0 bridgehead atoms. The van der Waals surface area contributed by atoms with Gasteiger partial charge < -0.3 is 16.8 Å². The van der Waals surface area contributed by atoms with Gasteiger partial charge in [0.25, 0.3) is 11.5 Å². The number of nitrogens with one attached hydrogen (secondary N) is 1. The SMILES string of the molecule is Nc1cc(CNC(=O)c2ccc(=O)n(-c3ccccc3N)n2)cc(C(F)(F)F)c1. The van der Waals surface area contributed by atoms with Crippen molar-refractivity contribution < 1.29 is 18.0 Å². The number of nitrogens with two attached hydrogens (primary N) is 2. The van der Waals surface area contributed by atoms with E-state index in [2.05, 4.69) is 10.4 Å². The third-order valence-corrected chi connectivity index (χ3v) is 3.99. The van der Waals surface area contributed by atoms with Crippen LogP contribution in [0.15, 0.2) is 59.4 Å². The van der Waals surface area contributed by atoms with Gasteiger partial charge in [-0.05, 0) is 42.0 Å². The highest BCUT2D eigenvalue weighted by atomic mass is 19.4. The van der Waals surface area contributed by atoms with Gasteiger partial charge in [0.2, 0.25) is 0 Å². The molecule has 1 amide bonds. The minimum absolute atomic E-state index is 0.0738. The molecule has 0 aliphatic carbocycles. The molecule has 1 heterocycles. The fourth-order valence-corrected chi connectivity index (χ4v) is 2.64. The molecule has 0 atom stereocenters. The third-order valence-electron chi connectivity index (χ3n) is 3.99. The van der Waals surface area contributed by atoms with E-state index in [1.807, 2.05) is 0 Å². The summed E-state index contributed by atoms with van der Waals surface area (Å²) in [6, 6.07) is 11.9. The smallest absolute Gasteiger partial charge is 0.399 e. The van der Waals surface area contributed by atoms with Gasteiger partial charge in [-0.3, -0.25) is 9.59 Å². The Kier molecular flexibility index (Phi) is 5.26. The molecule has 0 saturated carbocycles. The van der Waals surface area contributed by atoms with E-state index in [4.69, 9.17) is 11.5 Å². The first-order chi connectivity index (χ1) is 13.6. The molecular formula is C19H16F3N5O2. The van der Waals surface area contributed by atoms with E-state index in [1.165, 1.54) is 12.1 Å². The lowest BCUT2D eigenvalue weighted by Gasteiger charge is -2.12. The highest BCUT2D eigenvalue weighted by Gasteiger charge is 2.31. The summed E-state index contributed by atoms with van der Waals surface area (Å²) in [5.41, 5.74) is 10.5. The van der Waals surface area contributed by atoms with Crippen LogP contribution in [0.3, 0.4) is 0 Å². The van der Waals surface area contributed by atoms with Crippen molar-refractivity contribution in [3.8, 4) is 5.69 Å². The zero-order chi connectivity index (χ0) is 21.2. The Labute approximate surface area is 162 Å². The number of para-hydroxylation sites is 2. The van der Waals surface area contributed by atoms with Gasteiger partial charge in [-0.1, -0.05) is 12.1 Å². The first kappa shape index (κ1) is 19.9. The monoisotopic (exact) mass is 403 g/mol. The predicted molar refractivity (Wildman–Crippen MR) is 101 cm³/mol. The number of nitrogen functional groups attached to an aromatic ring is 2. The number of aromatic nitrogens is 2. The second-order valence-corrected chi connectivity index (χ2v) is 6.17. The average molecular weight is 403 g/mol. The number of halogens is 3. The number of alkyl halides is 3. The molecule has 0 radical (unpaired) electrons. The lowest BCUT2D eigenvalue weighted by molar-refractivity contribution is -0.137. The highest BCUT2D eigenvalue weighted by Crippen LogP contribution is 2.31. The molecular weight excluding hydrogens is 387 g/mol. The number of hydrogen-bond donors (Lipinski definition) is 3. The van der Waals surface area contributed by atoms with Crippen LogP contribution in [-0.4, -0.2) is 15.7 Å². The van der Waals surface area contributed by atoms with Crippen molar-refractivity contribution in [1.29, 1.82) is 0 Å². The van der Waals surface area contributed by atoms with Gasteiger partial charge >= 0.3 is 6.18 Å². The van der Waals surface area contributed by atoms with E-state index >= 15 is 0 Å². The van der Waals surface area contributed by atoms with Crippen molar-refractivity contribution in [3.63, 3.8) is 0 Å². The number of carbonyl (C=O) groups excluding carboxylic acids is 1. The number of nitrogens with zero attached hydrogens (tertiary/aromatic N) is 2. The minimum Gasteiger partial charge on any atom is -0.399 e. The molecule has 3 rings (SSSR count). The summed E-state index contributed by atoms with van der Waals surface area (Å²) < 4.78 is 39.7. The van der Waals surface area contributed by atoms with Crippen LogP contribution in [0.2, 0.25) is 0 Å². The first-order valence-corrected chi connectivity index (χ1v) is 8.35. The summed E-state index contributed by atoms with van der Waals surface area (Å²) in [5, 5.41) is 6.46. The minimum atomic E-state index is -4.55. The third kappa shape index (κ3) is 4.54. The molecule has 0 aliphatic rings. The Balaban J connectivity index is 1.82. The van der Waals surface area contributed by atoms with Gasteiger partial charge in [0.1, 0.15) is 5.69 Å². The lowest BCUT2D eigenvalue weighted by Crippen LogP contribution is -2.29. The number of carbonyl (C=O) groups is 1. The van der Waals surface area contributed by atoms with Gasteiger partial charge in [0, 0.05) is 18.3 Å². The molecule has 0 unspecified atom stereocenters. The molecule has 0 fully saturated rings. The van der Waals surface area contributed by atoms with Crippen molar-refractivity contribution in [1.82, 2.24) is 15.1 Å². The first-order valence-electron chi connectivity index (χ1n) is 8.35. The van der Waals surface area contributed by atoms with Crippen molar-refractivity contribution in [2.75, 3.05) is 11.5 Å². The summed E-state index contributed by atoms with van der Waals surface area (Å²) in [4.78, 5) is 24.5. The molecule has 2 aromatic carbocycles. The van der Waals surface area contributed by atoms with Gasteiger partial charge in [0.15, 0.2) is 0 Å². The Bertz CT molecular complexity index is 1130. The van der Waals surface area contributed by atoms with Crippen LogP contribution in [0.4, 0.5) is 24.5 Å². The van der Waals surface area contributed by atoms with E-state index in [-0.39, 0.29) is 23.5 Å². The molecule has 0 spiro atoms. The average Bonchev–Trinajstić information content (AvgIpc) is 2.66. The Morgan fingerprint density at radius 2 is 1.79 bits per heavy atom. The summed E-state index contributed by atoms with van der Waals surface area (Å²) in [5.74, 6) is -0.677. The van der Waals surface area contributed by atoms with Crippen LogP contribution in [0.1, 0.15) is 21.6 Å². The summed E-state index contributed by atoms with van der Waals surface area (Å²) in [6.07, 6.45) is -4.55. The largest absolute Gasteiger partial charge is 0.416 e. The van der Waals surface area contributed by atoms with Crippen LogP contribution in [0, 0.1) is 0 Å². The van der Waals surface area contributed by atoms with Crippen LogP contribution < -0.4 is 22.3 Å². The lowest BCUT2D eigenvalue weighted by atomic mass is 10.1. The number of amides is 1. The number of anilines is 2. The standard InChI is InChI=1S/C19H16F3N5O2/c20-19(21,22)12-7-11(8-13(23)9-12)10-25-18(29)15-5-6-17(28)27(26-15)16-4-2-1-3-14(16)24/h1-9H,10,23-24H2,(H,25,29). The number of hydrogen-bond acceptors (Lipinski definition) is 5. The van der Waals surface area contributed by atoms with Gasteiger partial charge in [-0.15, -0.1) is 0 Å². The van der Waals surface area contributed by atoms with E-state index in [1.54, 1.807) is 24.3 Å². The zero-order valence-electron chi connectivity index (χ0n) is 14.9. The Morgan fingerprint density at radius 1 is 1.07 bits per heavy atom. The van der Waals surface area contributed by atoms with E-state index < -0.39 is 23.2 Å². The summed E-state index contributed by atoms with van der Waals surface area (Å²) in [6.45, 7) is -0.207. The van der Waals surface area contributed by atoms with Crippen LogP contribution >= 0.6 is 0 Å². The molecule has 1 aromatic heterocycles. The topological polar surface area (TPSA) is 116 Å². The molecule has 0 aliphatic heterocycles. The molecule has 5 N–H and O–H groups in total. The summed E-state index contributed by atoms with van der Waals surface area (Å²) in [7, 11) is 0. The second-order valence-electron chi connectivity index (χ2n) is 6.17. The molecule has 29 heavy (non-hydrogen) atoms. The van der Waals surface area contributed by atoms with Gasteiger partial charge in [-0.2, -0.15) is 23.0 Å². The fraction of sp³-hybridized carbons (Fsp3) is 0.105. The Hall–Kier alpha value is -3.82. The predicted octanol–water partition coefficient (Wildman–Crippen LogP) is 2.35. The van der Waals surface area contributed by atoms with Gasteiger partial charge in [0.05, 0.1) is 16.9 Å². The van der Waals surface area contributed by atoms with E-state index in [0.29, 0.717) is 11.4 Å². The van der Waals surface area contributed by atoms with Crippen molar-refractivity contribution in [2.24, 2.45) is 0 Å². The van der Waals surface area contributed by atoms with Crippen molar-refractivity contribution in [2.45, 2.75) is 12.7 Å². The van der Waals surface area contributed by atoms with Crippen LogP contribution in [0.5, 0.6) is 0 Å². The van der Waals surface area contributed by atoms with Gasteiger partial charge in [-0.25, -0.2) is 0 Å². The molecule has 10 heteroatoms. The van der Waals surface area contributed by atoms with Crippen molar-refractivity contribution in [3.05, 3.63) is 81.8 Å². The molecule has 0 saturated heterocycles. The maximum absolute atomic E-state index is 12.9. The van der Waals surface area contributed by atoms with Crippen molar-refractivity contribution >= 4 is 17.3 Å². The summed E-state index contributed by atoms with van der Waals surface area (Å²) >= 11 is 0. The zero-order valence-corrected chi connectivity index (χ0v) is 14.9. The molecule has 7 nitrogen and oxygen atoms in total. The molecule has 150 valence electrons. The molecule has 3 aromatic rings. The highest BCUT2D eigenvalue weighted by molar-refractivity contribution is 5.92. The van der Waals surface area contributed by atoms with Crippen LogP contribution in [-0.2, 0) is 12.7 Å². The second kappa shape index (κ2) is 7.66. The normalized spacial score (nSPS) is 11.3. The maximum Gasteiger partial charge on any atom is 0.416 e. The Morgan fingerprint density at radius 3 is 2.48 bits per heavy atom. The maximum atomic E-state index is 12.9. The van der Waals surface area contributed by atoms with E-state index in [0.717, 1.165) is 22.9 Å². The van der Waals surface area contributed by atoms with E-state index in [9.17, 15) is 22.8 Å². The quantitative estimate of drug-likeness (QED) is 0.579. The van der Waals surface area contributed by atoms with Crippen LogP contribution in [0.25, 0.3) is 5.69 Å². The number of rotatable bonds is 4. The fourth-order valence-electron chi connectivity index (χ4n) is 2.64.